The third-order valence-corrected chi connectivity index (χ3v) is 3.17. The van der Waals surface area contributed by atoms with E-state index in [1.165, 1.54) is 0 Å². The van der Waals surface area contributed by atoms with E-state index in [2.05, 4.69) is 10.6 Å². The molecule has 0 aliphatic carbocycles. The summed E-state index contributed by atoms with van der Waals surface area (Å²) >= 11 is 6.02. The molecule has 0 bridgehead atoms. The lowest BCUT2D eigenvalue weighted by atomic mass is 10.2. The van der Waals surface area contributed by atoms with E-state index in [-0.39, 0.29) is 6.03 Å². The molecule has 0 aliphatic rings. The molecule has 1 unspecified atom stereocenters. The minimum atomic E-state index is -0.434. The molecule has 2 amide bonds. The molecule has 0 fully saturated rings. The van der Waals surface area contributed by atoms with Gasteiger partial charge in [0.05, 0.1) is 17.5 Å². The number of rotatable bonds is 5. The monoisotopic (exact) mass is 307 g/mol. The summed E-state index contributed by atoms with van der Waals surface area (Å²) in [5.41, 5.74) is 1.45. The van der Waals surface area contributed by atoms with Gasteiger partial charge in [0.15, 0.2) is 0 Å². The Morgan fingerprint density at radius 1 is 1.38 bits per heavy atom. The Kier molecular flexibility index (Phi) is 5.25. The van der Waals surface area contributed by atoms with Crippen LogP contribution in [-0.4, -0.2) is 28.4 Å². The molecule has 0 saturated carbocycles. The molecule has 5 nitrogen and oxygen atoms in total. The highest BCUT2D eigenvalue weighted by Gasteiger charge is 2.08. The van der Waals surface area contributed by atoms with Gasteiger partial charge in [-0.1, -0.05) is 11.6 Å². The second kappa shape index (κ2) is 7.15. The quantitative estimate of drug-likeness (QED) is 0.795. The third-order valence-electron chi connectivity index (χ3n) is 2.94. The molecule has 1 heterocycles. The number of anilines is 1. The van der Waals surface area contributed by atoms with E-state index in [0.29, 0.717) is 23.7 Å². The zero-order chi connectivity index (χ0) is 15.2. The van der Waals surface area contributed by atoms with Crippen LogP contribution in [0.1, 0.15) is 13.3 Å². The van der Waals surface area contributed by atoms with Gasteiger partial charge in [0.2, 0.25) is 0 Å². The van der Waals surface area contributed by atoms with Crippen molar-refractivity contribution in [2.75, 3.05) is 11.9 Å². The zero-order valence-corrected chi connectivity index (χ0v) is 12.5. The average molecular weight is 308 g/mol. The summed E-state index contributed by atoms with van der Waals surface area (Å²) in [6, 6.07) is 8.74. The van der Waals surface area contributed by atoms with Gasteiger partial charge < -0.3 is 20.3 Å². The van der Waals surface area contributed by atoms with E-state index in [1.54, 1.807) is 25.1 Å². The van der Waals surface area contributed by atoms with Crippen LogP contribution in [0.3, 0.4) is 0 Å². The first kappa shape index (κ1) is 15.4. The number of nitrogens with zero attached hydrogens (tertiary/aromatic N) is 1. The number of halogens is 1. The predicted molar refractivity (Wildman–Crippen MR) is 84.1 cm³/mol. The molecular formula is C15H18ClN3O2. The molecule has 3 N–H and O–H groups in total. The summed E-state index contributed by atoms with van der Waals surface area (Å²) in [5, 5.41) is 15.2. The molecular weight excluding hydrogens is 290 g/mol. The van der Waals surface area contributed by atoms with Gasteiger partial charge in [0.25, 0.3) is 0 Å². The van der Waals surface area contributed by atoms with E-state index < -0.39 is 6.10 Å². The van der Waals surface area contributed by atoms with Gasteiger partial charge in [-0.25, -0.2) is 4.79 Å². The normalized spacial score (nSPS) is 12.0. The molecule has 1 aromatic heterocycles. The van der Waals surface area contributed by atoms with Crippen LogP contribution in [0, 0.1) is 0 Å². The first-order valence-corrected chi connectivity index (χ1v) is 7.10. The van der Waals surface area contributed by atoms with Crippen molar-refractivity contribution in [1.29, 1.82) is 0 Å². The van der Waals surface area contributed by atoms with E-state index in [1.807, 2.05) is 29.1 Å². The molecule has 0 saturated heterocycles. The number of hydrogen-bond acceptors (Lipinski definition) is 2. The van der Waals surface area contributed by atoms with E-state index in [4.69, 9.17) is 16.7 Å². The Bertz CT molecular complexity index is 597. The van der Waals surface area contributed by atoms with Crippen molar-refractivity contribution in [3.8, 4) is 5.69 Å². The Morgan fingerprint density at radius 3 is 2.76 bits per heavy atom. The Balaban J connectivity index is 2.08. The summed E-state index contributed by atoms with van der Waals surface area (Å²) in [5.74, 6) is 0. The van der Waals surface area contributed by atoms with Crippen LogP contribution in [-0.2, 0) is 0 Å². The first-order valence-electron chi connectivity index (χ1n) is 6.72. The fraction of sp³-hybridized carbons (Fsp3) is 0.267. The highest BCUT2D eigenvalue weighted by atomic mass is 35.5. The van der Waals surface area contributed by atoms with Gasteiger partial charge in [-0.3, -0.25) is 0 Å². The molecule has 0 spiro atoms. The number of urea groups is 1. The smallest absolute Gasteiger partial charge is 0.319 e. The molecule has 112 valence electrons. The summed E-state index contributed by atoms with van der Waals surface area (Å²) in [4.78, 5) is 11.9. The van der Waals surface area contributed by atoms with Gasteiger partial charge in [0, 0.05) is 24.0 Å². The lowest BCUT2D eigenvalue weighted by Crippen LogP contribution is -2.31. The van der Waals surface area contributed by atoms with Crippen molar-refractivity contribution in [1.82, 2.24) is 9.88 Å². The number of hydrogen-bond donors (Lipinski definition) is 3. The lowest BCUT2D eigenvalue weighted by molar-refractivity contribution is 0.184. The number of carbonyl (C=O) groups is 1. The van der Waals surface area contributed by atoms with Crippen LogP contribution >= 0.6 is 11.6 Å². The van der Waals surface area contributed by atoms with E-state index >= 15 is 0 Å². The standard InChI is InChI=1S/C15H18ClN3O2/c1-11(20)6-7-17-15(21)18-13-5-4-12(16)10-14(13)19-8-2-3-9-19/h2-5,8-11,20H,6-7H2,1H3,(H2,17,18,21). The Morgan fingerprint density at radius 2 is 2.10 bits per heavy atom. The molecule has 1 atom stereocenters. The maximum Gasteiger partial charge on any atom is 0.319 e. The summed E-state index contributed by atoms with van der Waals surface area (Å²) in [6.07, 6.45) is 3.83. The summed E-state index contributed by atoms with van der Waals surface area (Å²) in [7, 11) is 0. The minimum absolute atomic E-state index is 0.314. The van der Waals surface area contributed by atoms with Crippen LogP contribution in [0.4, 0.5) is 10.5 Å². The number of carbonyl (C=O) groups excluding carboxylic acids is 1. The number of amides is 2. The summed E-state index contributed by atoms with van der Waals surface area (Å²) < 4.78 is 1.87. The highest BCUT2D eigenvalue weighted by Crippen LogP contribution is 2.24. The fourth-order valence-corrected chi connectivity index (χ4v) is 2.05. The van der Waals surface area contributed by atoms with Gasteiger partial charge in [-0.15, -0.1) is 0 Å². The second-order valence-electron chi connectivity index (χ2n) is 4.77. The van der Waals surface area contributed by atoms with Gasteiger partial charge in [0.1, 0.15) is 0 Å². The molecule has 1 aromatic carbocycles. The predicted octanol–water partition coefficient (Wildman–Crippen LogP) is 3.02. The van der Waals surface area contributed by atoms with Crippen LogP contribution < -0.4 is 10.6 Å². The zero-order valence-electron chi connectivity index (χ0n) is 11.7. The van der Waals surface area contributed by atoms with E-state index in [0.717, 1.165) is 5.69 Å². The average Bonchev–Trinajstić information content (AvgIpc) is 2.94. The summed E-state index contributed by atoms with van der Waals surface area (Å²) in [6.45, 7) is 2.10. The van der Waals surface area contributed by atoms with Crippen molar-refractivity contribution >= 4 is 23.3 Å². The van der Waals surface area contributed by atoms with Gasteiger partial charge >= 0.3 is 6.03 Å². The van der Waals surface area contributed by atoms with Crippen LogP contribution in [0.15, 0.2) is 42.7 Å². The molecule has 21 heavy (non-hydrogen) atoms. The highest BCUT2D eigenvalue weighted by molar-refractivity contribution is 6.30. The van der Waals surface area contributed by atoms with Crippen molar-refractivity contribution in [2.24, 2.45) is 0 Å². The van der Waals surface area contributed by atoms with Crippen LogP contribution in [0.25, 0.3) is 5.69 Å². The maximum atomic E-state index is 11.9. The molecule has 2 rings (SSSR count). The van der Waals surface area contributed by atoms with Crippen molar-refractivity contribution in [2.45, 2.75) is 19.4 Å². The van der Waals surface area contributed by atoms with Gasteiger partial charge in [-0.05, 0) is 43.7 Å². The van der Waals surface area contributed by atoms with Gasteiger partial charge in [-0.2, -0.15) is 0 Å². The Labute approximate surface area is 128 Å². The molecule has 6 heteroatoms. The first-order chi connectivity index (χ1) is 10.1. The SMILES string of the molecule is CC(O)CCNC(=O)Nc1ccc(Cl)cc1-n1cccc1. The number of aliphatic hydroxyl groups is 1. The molecule has 0 aliphatic heterocycles. The number of nitrogens with one attached hydrogen (secondary N) is 2. The Hall–Kier alpha value is -1.98. The topological polar surface area (TPSA) is 66.3 Å². The lowest BCUT2D eigenvalue weighted by Gasteiger charge is -2.13. The van der Waals surface area contributed by atoms with Crippen molar-refractivity contribution in [3.63, 3.8) is 0 Å². The van der Waals surface area contributed by atoms with Crippen LogP contribution in [0.2, 0.25) is 5.02 Å². The molecule has 2 aromatic rings. The van der Waals surface area contributed by atoms with Crippen molar-refractivity contribution in [3.05, 3.63) is 47.7 Å². The number of aromatic nitrogens is 1. The fourth-order valence-electron chi connectivity index (χ4n) is 1.88. The second-order valence-corrected chi connectivity index (χ2v) is 5.21. The molecule has 0 radical (unpaired) electrons. The maximum absolute atomic E-state index is 11.9. The third kappa shape index (κ3) is 4.51. The van der Waals surface area contributed by atoms with E-state index in [9.17, 15) is 4.79 Å². The van der Waals surface area contributed by atoms with Crippen molar-refractivity contribution < 1.29 is 9.90 Å². The minimum Gasteiger partial charge on any atom is -0.393 e. The van der Waals surface area contributed by atoms with Crippen LogP contribution in [0.5, 0.6) is 0 Å². The number of aliphatic hydroxyl groups excluding tert-OH is 1. The number of benzene rings is 1. The largest absolute Gasteiger partial charge is 0.393 e.